The Kier molecular flexibility index (Phi) is 5.49. The van der Waals surface area contributed by atoms with Crippen molar-refractivity contribution < 1.29 is 19.2 Å². The number of nitrogens with zero attached hydrogens (tertiary/aromatic N) is 1. The van der Waals surface area contributed by atoms with Crippen LogP contribution < -0.4 is 5.32 Å². The number of nitro benzene ring substituents is 1. The van der Waals surface area contributed by atoms with Gasteiger partial charge in [0.15, 0.2) is 6.61 Å². The third-order valence-corrected chi connectivity index (χ3v) is 3.59. The Morgan fingerprint density at radius 2 is 1.64 bits per heavy atom. The molecular formula is C18H18N2O5. The van der Waals surface area contributed by atoms with Gasteiger partial charge in [-0.3, -0.25) is 14.9 Å². The SMILES string of the molecule is Cc1cc(C)c(NC(=O)COC(=O)c2ccc([N+](=O)[O-])cc2)c(C)c1. The molecule has 130 valence electrons. The van der Waals surface area contributed by atoms with Crippen LogP contribution in [0.25, 0.3) is 0 Å². The second-order valence-electron chi connectivity index (χ2n) is 5.70. The van der Waals surface area contributed by atoms with Crippen molar-refractivity contribution >= 4 is 23.3 Å². The quantitative estimate of drug-likeness (QED) is 0.510. The number of anilines is 1. The zero-order valence-electron chi connectivity index (χ0n) is 14.2. The van der Waals surface area contributed by atoms with Crippen molar-refractivity contribution in [3.05, 3.63) is 68.8 Å². The van der Waals surface area contributed by atoms with Gasteiger partial charge in [0.25, 0.3) is 11.6 Å². The van der Waals surface area contributed by atoms with E-state index >= 15 is 0 Å². The lowest BCUT2D eigenvalue weighted by atomic mass is 10.1. The van der Waals surface area contributed by atoms with Gasteiger partial charge >= 0.3 is 5.97 Å². The highest BCUT2D eigenvalue weighted by atomic mass is 16.6. The molecule has 0 unspecified atom stereocenters. The number of carbonyl (C=O) groups excluding carboxylic acids is 2. The standard InChI is InChI=1S/C18H18N2O5/c1-11-8-12(2)17(13(3)9-11)19-16(21)10-25-18(22)14-4-6-15(7-5-14)20(23)24/h4-9H,10H2,1-3H3,(H,19,21). The van der Waals surface area contributed by atoms with Crippen molar-refractivity contribution in [2.75, 3.05) is 11.9 Å². The fourth-order valence-corrected chi connectivity index (χ4v) is 2.49. The number of amides is 1. The van der Waals surface area contributed by atoms with E-state index in [0.29, 0.717) is 5.69 Å². The van der Waals surface area contributed by atoms with Crippen LogP contribution in [-0.2, 0) is 9.53 Å². The number of nitrogens with one attached hydrogen (secondary N) is 1. The summed E-state index contributed by atoms with van der Waals surface area (Å²) in [6.45, 7) is 5.30. The Balaban J connectivity index is 1.96. The molecule has 0 aromatic heterocycles. The number of aryl methyl sites for hydroxylation is 3. The van der Waals surface area contributed by atoms with E-state index in [-0.39, 0.29) is 11.3 Å². The van der Waals surface area contributed by atoms with Crippen molar-refractivity contribution in [3.63, 3.8) is 0 Å². The number of ether oxygens (including phenoxy) is 1. The number of hydrogen-bond acceptors (Lipinski definition) is 5. The highest BCUT2D eigenvalue weighted by molar-refractivity contribution is 5.96. The average Bonchev–Trinajstić information content (AvgIpc) is 2.56. The van der Waals surface area contributed by atoms with E-state index < -0.39 is 23.4 Å². The molecule has 0 saturated heterocycles. The second-order valence-corrected chi connectivity index (χ2v) is 5.70. The predicted molar refractivity (Wildman–Crippen MR) is 92.7 cm³/mol. The molecule has 2 aromatic rings. The highest BCUT2D eigenvalue weighted by Gasteiger charge is 2.14. The molecule has 1 amide bonds. The van der Waals surface area contributed by atoms with Gasteiger partial charge in [0.2, 0.25) is 0 Å². The summed E-state index contributed by atoms with van der Waals surface area (Å²) >= 11 is 0. The number of rotatable bonds is 5. The summed E-state index contributed by atoms with van der Waals surface area (Å²) in [5.41, 5.74) is 3.65. The second kappa shape index (κ2) is 7.57. The minimum Gasteiger partial charge on any atom is -0.452 e. The number of esters is 1. The molecule has 0 bridgehead atoms. The fourth-order valence-electron chi connectivity index (χ4n) is 2.49. The van der Waals surface area contributed by atoms with Gasteiger partial charge in [-0.05, 0) is 44.0 Å². The van der Waals surface area contributed by atoms with Crippen molar-refractivity contribution in [3.8, 4) is 0 Å². The van der Waals surface area contributed by atoms with Gasteiger partial charge in [0.05, 0.1) is 10.5 Å². The van der Waals surface area contributed by atoms with Crippen molar-refractivity contribution in [2.45, 2.75) is 20.8 Å². The molecule has 25 heavy (non-hydrogen) atoms. The Hall–Kier alpha value is -3.22. The third-order valence-electron chi connectivity index (χ3n) is 3.59. The summed E-state index contributed by atoms with van der Waals surface area (Å²) in [5.74, 6) is -1.17. The summed E-state index contributed by atoms with van der Waals surface area (Å²) in [7, 11) is 0. The fraction of sp³-hybridized carbons (Fsp3) is 0.222. The molecule has 0 aliphatic rings. The first kappa shape index (κ1) is 18.1. The van der Waals surface area contributed by atoms with Crippen LogP contribution in [0.15, 0.2) is 36.4 Å². The Morgan fingerprint density at radius 1 is 1.08 bits per heavy atom. The molecule has 0 saturated carbocycles. The summed E-state index contributed by atoms with van der Waals surface area (Å²) in [6, 6.07) is 8.88. The maximum atomic E-state index is 12.0. The summed E-state index contributed by atoms with van der Waals surface area (Å²) < 4.78 is 4.95. The van der Waals surface area contributed by atoms with Gasteiger partial charge < -0.3 is 10.1 Å². The zero-order valence-corrected chi connectivity index (χ0v) is 14.2. The first-order valence-electron chi connectivity index (χ1n) is 7.57. The molecule has 1 N–H and O–H groups in total. The lowest BCUT2D eigenvalue weighted by Crippen LogP contribution is -2.22. The van der Waals surface area contributed by atoms with Gasteiger partial charge in [-0.2, -0.15) is 0 Å². The minimum absolute atomic E-state index is 0.125. The molecule has 2 aromatic carbocycles. The summed E-state index contributed by atoms with van der Waals surface area (Å²) in [4.78, 5) is 33.9. The minimum atomic E-state index is -0.720. The normalized spacial score (nSPS) is 10.2. The van der Waals surface area contributed by atoms with Crippen molar-refractivity contribution in [1.82, 2.24) is 0 Å². The van der Waals surface area contributed by atoms with Crippen LogP contribution in [-0.4, -0.2) is 23.4 Å². The lowest BCUT2D eigenvalue weighted by molar-refractivity contribution is -0.384. The van der Waals surface area contributed by atoms with Crippen LogP contribution >= 0.6 is 0 Å². The average molecular weight is 342 g/mol. The maximum absolute atomic E-state index is 12.0. The monoisotopic (exact) mass is 342 g/mol. The molecule has 0 radical (unpaired) electrons. The topological polar surface area (TPSA) is 98.5 Å². The highest BCUT2D eigenvalue weighted by Crippen LogP contribution is 2.21. The molecule has 0 atom stereocenters. The molecule has 0 aliphatic carbocycles. The maximum Gasteiger partial charge on any atom is 0.338 e. The van der Waals surface area contributed by atoms with Crippen LogP contribution in [0.3, 0.4) is 0 Å². The molecule has 0 fully saturated rings. The first-order chi connectivity index (χ1) is 11.8. The smallest absolute Gasteiger partial charge is 0.338 e. The van der Waals surface area contributed by atoms with Gasteiger partial charge in [0.1, 0.15) is 0 Å². The van der Waals surface area contributed by atoms with E-state index in [9.17, 15) is 19.7 Å². The van der Waals surface area contributed by atoms with E-state index in [0.717, 1.165) is 16.7 Å². The van der Waals surface area contributed by atoms with Gasteiger partial charge in [-0.15, -0.1) is 0 Å². The van der Waals surface area contributed by atoms with E-state index in [1.807, 2.05) is 32.9 Å². The zero-order chi connectivity index (χ0) is 18.6. The number of nitro groups is 1. The van der Waals surface area contributed by atoms with Crippen LogP contribution in [0.2, 0.25) is 0 Å². The Labute approximate surface area is 144 Å². The third kappa shape index (κ3) is 4.63. The molecule has 0 aliphatic heterocycles. The van der Waals surface area contributed by atoms with Crippen molar-refractivity contribution in [2.24, 2.45) is 0 Å². The van der Waals surface area contributed by atoms with Crippen LogP contribution in [0.1, 0.15) is 27.0 Å². The Morgan fingerprint density at radius 3 is 2.16 bits per heavy atom. The van der Waals surface area contributed by atoms with E-state index in [4.69, 9.17) is 4.74 Å². The first-order valence-corrected chi connectivity index (χ1v) is 7.57. The van der Waals surface area contributed by atoms with Gasteiger partial charge in [0, 0.05) is 17.8 Å². The summed E-state index contributed by atoms with van der Waals surface area (Å²) in [5, 5.41) is 13.3. The van der Waals surface area contributed by atoms with Crippen LogP contribution in [0, 0.1) is 30.9 Å². The largest absolute Gasteiger partial charge is 0.452 e. The molecule has 2 rings (SSSR count). The summed E-state index contributed by atoms with van der Waals surface area (Å²) in [6.07, 6.45) is 0. The van der Waals surface area contributed by atoms with Gasteiger partial charge in [-0.1, -0.05) is 17.7 Å². The number of non-ortho nitro benzene ring substituents is 1. The van der Waals surface area contributed by atoms with Gasteiger partial charge in [-0.25, -0.2) is 4.79 Å². The van der Waals surface area contributed by atoms with Crippen LogP contribution in [0.4, 0.5) is 11.4 Å². The molecule has 7 nitrogen and oxygen atoms in total. The number of carbonyl (C=O) groups is 2. The van der Waals surface area contributed by atoms with E-state index in [1.165, 1.54) is 24.3 Å². The van der Waals surface area contributed by atoms with E-state index in [2.05, 4.69) is 5.32 Å². The molecule has 0 heterocycles. The Bertz CT molecular complexity index is 805. The molecule has 7 heteroatoms. The van der Waals surface area contributed by atoms with E-state index in [1.54, 1.807) is 0 Å². The lowest BCUT2D eigenvalue weighted by Gasteiger charge is -2.13. The predicted octanol–water partition coefficient (Wildman–Crippen LogP) is 3.32. The number of hydrogen-bond donors (Lipinski definition) is 1. The molecular weight excluding hydrogens is 324 g/mol. The molecule has 0 spiro atoms. The van der Waals surface area contributed by atoms with Crippen molar-refractivity contribution in [1.29, 1.82) is 0 Å². The van der Waals surface area contributed by atoms with Crippen LogP contribution in [0.5, 0.6) is 0 Å². The number of benzene rings is 2.